The van der Waals surface area contributed by atoms with Gasteiger partial charge in [-0.15, -0.1) is 16.4 Å². The minimum absolute atomic E-state index is 0.204. The van der Waals surface area contributed by atoms with E-state index in [1.165, 1.54) is 16.0 Å². The zero-order valence-electron chi connectivity index (χ0n) is 9.24. The number of hydrogen-bond donors (Lipinski definition) is 2. The molecule has 2 rings (SSSR count). The standard InChI is InChI=1S/C11H12N4OS/c1-8-7-17-11(15(8)12)14-13-6-9-3-2-4-10(16)5-9/h2-7,16H,12H2,1H3/b13-6-,14-11+. The van der Waals surface area contributed by atoms with Crippen LogP contribution in [0.3, 0.4) is 0 Å². The summed E-state index contributed by atoms with van der Waals surface area (Å²) in [7, 11) is 0. The molecule has 0 saturated heterocycles. The summed E-state index contributed by atoms with van der Waals surface area (Å²) in [6.07, 6.45) is 1.56. The normalized spacial score (nSPS) is 12.4. The van der Waals surface area contributed by atoms with Crippen molar-refractivity contribution in [2.45, 2.75) is 6.92 Å². The Morgan fingerprint density at radius 3 is 2.94 bits per heavy atom. The van der Waals surface area contributed by atoms with Crippen LogP contribution in [0.1, 0.15) is 11.3 Å². The topological polar surface area (TPSA) is 75.9 Å². The number of phenols is 1. The average molecular weight is 248 g/mol. The average Bonchev–Trinajstić information content (AvgIpc) is 2.61. The first-order valence-electron chi connectivity index (χ1n) is 4.95. The Labute approximate surface area is 102 Å². The van der Waals surface area contributed by atoms with Gasteiger partial charge in [0.05, 0.1) is 6.21 Å². The second kappa shape index (κ2) is 4.84. The molecule has 0 spiro atoms. The Balaban J connectivity index is 2.23. The molecule has 0 aliphatic heterocycles. The van der Waals surface area contributed by atoms with Crippen molar-refractivity contribution in [2.24, 2.45) is 10.2 Å². The summed E-state index contributed by atoms with van der Waals surface area (Å²) in [5.41, 5.74) is 1.71. The molecule has 3 N–H and O–H groups in total. The number of rotatable bonds is 2. The maximum atomic E-state index is 9.26. The summed E-state index contributed by atoms with van der Waals surface area (Å²) in [6, 6.07) is 6.78. The highest BCUT2D eigenvalue weighted by Crippen LogP contribution is 2.08. The smallest absolute Gasteiger partial charge is 0.229 e. The lowest BCUT2D eigenvalue weighted by molar-refractivity contribution is 0.475. The molecule has 17 heavy (non-hydrogen) atoms. The fourth-order valence-corrected chi connectivity index (χ4v) is 1.97. The van der Waals surface area contributed by atoms with E-state index >= 15 is 0 Å². The van der Waals surface area contributed by atoms with Crippen LogP contribution in [0.15, 0.2) is 39.8 Å². The van der Waals surface area contributed by atoms with E-state index < -0.39 is 0 Å². The molecule has 0 aliphatic rings. The van der Waals surface area contributed by atoms with E-state index in [0.29, 0.717) is 4.80 Å². The molecular weight excluding hydrogens is 236 g/mol. The highest BCUT2D eigenvalue weighted by atomic mass is 32.1. The lowest BCUT2D eigenvalue weighted by Crippen LogP contribution is -2.23. The van der Waals surface area contributed by atoms with Crippen molar-refractivity contribution in [3.05, 3.63) is 45.7 Å². The minimum atomic E-state index is 0.204. The number of nitrogens with two attached hydrogens (primary N) is 1. The molecule has 1 heterocycles. The Morgan fingerprint density at radius 1 is 1.47 bits per heavy atom. The summed E-state index contributed by atoms with van der Waals surface area (Å²) in [5, 5.41) is 19.1. The summed E-state index contributed by atoms with van der Waals surface area (Å²) >= 11 is 1.42. The van der Waals surface area contributed by atoms with Crippen LogP contribution in [-0.4, -0.2) is 16.0 Å². The molecule has 1 aromatic heterocycles. The number of hydrogen-bond acceptors (Lipinski definition) is 5. The summed E-state index contributed by atoms with van der Waals surface area (Å²) in [5.74, 6) is 5.93. The predicted molar refractivity (Wildman–Crippen MR) is 68.5 cm³/mol. The molecular formula is C11H12N4OS. The van der Waals surface area contributed by atoms with Crippen LogP contribution < -0.4 is 10.6 Å². The van der Waals surface area contributed by atoms with Gasteiger partial charge >= 0.3 is 0 Å². The molecule has 2 aromatic rings. The lowest BCUT2D eigenvalue weighted by Gasteiger charge is -1.93. The molecule has 0 aliphatic carbocycles. The molecule has 6 heteroatoms. The van der Waals surface area contributed by atoms with Crippen molar-refractivity contribution in [3.8, 4) is 5.75 Å². The van der Waals surface area contributed by atoms with Crippen LogP contribution in [0.2, 0.25) is 0 Å². The summed E-state index contributed by atoms with van der Waals surface area (Å²) < 4.78 is 1.48. The Bertz CT molecular complexity index is 612. The van der Waals surface area contributed by atoms with Crippen LogP contribution in [0, 0.1) is 6.92 Å². The number of phenolic OH excluding ortho intramolecular Hbond substituents is 1. The molecule has 0 unspecified atom stereocenters. The quantitative estimate of drug-likeness (QED) is 0.476. The van der Waals surface area contributed by atoms with E-state index in [1.807, 2.05) is 18.4 Å². The van der Waals surface area contributed by atoms with Gasteiger partial charge in [0.1, 0.15) is 5.75 Å². The van der Waals surface area contributed by atoms with Gasteiger partial charge in [-0.1, -0.05) is 12.1 Å². The zero-order valence-corrected chi connectivity index (χ0v) is 10.1. The van der Waals surface area contributed by atoms with Crippen molar-refractivity contribution >= 4 is 17.6 Å². The van der Waals surface area contributed by atoms with Gasteiger partial charge in [0.25, 0.3) is 0 Å². The first-order chi connectivity index (χ1) is 8.16. The molecule has 0 saturated carbocycles. The van der Waals surface area contributed by atoms with Gasteiger partial charge in [0.2, 0.25) is 4.80 Å². The van der Waals surface area contributed by atoms with Crippen LogP contribution in [0.25, 0.3) is 0 Å². The predicted octanol–water partition coefficient (Wildman–Crippen LogP) is 1.21. The third-order valence-electron chi connectivity index (χ3n) is 2.14. The van der Waals surface area contributed by atoms with Crippen molar-refractivity contribution in [1.82, 2.24) is 4.68 Å². The van der Waals surface area contributed by atoms with E-state index in [-0.39, 0.29) is 5.75 Å². The van der Waals surface area contributed by atoms with Gasteiger partial charge in [-0.2, -0.15) is 5.10 Å². The first-order valence-corrected chi connectivity index (χ1v) is 5.83. The Kier molecular flexibility index (Phi) is 3.24. The molecule has 0 radical (unpaired) electrons. The van der Waals surface area contributed by atoms with Crippen molar-refractivity contribution < 1.29 is 5.11 Å². The summed E-state index contributed by atoms with van der Waals surface area (Å²) in [6.45, 7) is 1.90. The number of nitrogens with zero attached hydrogens (tertiary/aromatic N) is 3. The molecule has 88 valence electrons. The first kappa shape index (κ1) is 11.4. The number of benzene rings is 1. The van der Waals surface area contributed by atoms with Crippen LogP contribution in [0.4, 0.5) is 0 Å². The van der Waals surface area contributed by atoms with E-state index in [0.717, 1.165) is 11.3 Å². The lowest BCUT2D eigenvalue weighted by atomic mass is 10.2. The SMILES string of the molecule is Cc1cs/c(=N/N=C\c2cccc(O)c2)n1N. The largest absolute Gasteiger partial charge is 0.508 e. The van der Waals surface area contributed by atoms with Gasteiger partial charge in [-0.25, -0.2) is 4.68 Å². The second-order valence-electron chi connectivity index (χ2n) is 3.47. The van der Waals surface area contributed by atoms with Gasteiger partial charge in [-0.05, 0) is 24.6 Å². The maximum absolute atomic E-state index is 9.26. The molecule has 0 amide bonds. The van der Waals surface area contributed by atoms with E-state index in [1.54, 1.807) is 24.4 Å². The van der Waals surface area contributed by atoms with Crippen molar-refractivity contribution in [1.29, 1.82) is 0 Å². The third-order valence-corrected chi connectivity index (χ3v) is 3.09. The van der Waals surface area contributed by atoms with Gasteiger partial charge in [-0.3, -0.25) is 0 Å². The van der Waals surface area contributed by atoms with Crippen LogP contribution in [0.5, 0.6) is 5.75 Å². The Morgan fingerprint density at radius 2 is 2.29 bits per heavy atom. The zero-order chi connectivity index (χ0) is 12.3. The minimum Gasteiger partial charge on any atom is -0.508 e. The molecule has 0 atom stereocenters. The van der Waals surface area contributed by atoms with Gasteiger partial charge < -0.3 is 10.9 Å². The van der Waals surface area contributed by atoms with Gasteiger partial charge in [0.15, 0.2) is 0 Å². The van der Waals surface area contributed by atoms with Crippen LogP contribution >= 0.6 is 11.3 Å². The molecule has 0 fully saturated rings. The molecule has 5 nitrogen and oxygen atoms in total. The third kappa shape index (κ3) is 2.73. The van der Waals surface area contributed by atoms with Gasteiger partial charge in [0, 0.05) is 11.1 Å². The number of nitrogen functional groups attached to an aromatic ring is 1. The maximum Gasteiger partial charge on any atom is 0.229 e. The molecule has 0 bridgehead atoms. The number of aromatic hydroxyl groups is 1. The van der Waals surface area contributed by atoms with E-state index in [4.69, 9.17) is 5.84 Å². The van der Waals surface area contributed by atoms with E-state index in [2.05, 4.69) is 10.2 Å². The van der Waals surface area contributed by atoms with Crippen molar-refractivity contribution in [3.63, 3.8) is 0 Å². The molecule has 1 aromatic carbocycles. The number of aromatic nitrogens is 1. The van der Waals surface area contributed by atoms with Crippen molar-refractivity contribution in [2.75, 3.05) is 5.84 Å². The second-order valence-corrected chi connectivity index (χ2v) is 4.31. The number of aryl methyl sites for hydroxylation is 1. The monoisotopic (exact) mass is 248 g/mol. The fraction of sp³-hybridized carbons (Fsp3) is 0.0909. The fourth-order valence-electron chi connectivity index (χ4n) is 1.22. The highest BCUT2D eigenvalue weighted by molar-refractivity contribution is 7.07. The Hall–Kier alpha value is -2.08. The highest BCUT2D eigenvalue weighted by Gasteiger charge is 1.94. The van der Waals surface area contributed by atoms with Crippen LogP contribution in [-0.2, 0) is 0 Å². The number of thiazole rings is 1. The summed E-state index contributed by atoms with van der Waals surface area (Å²) in [4.78, 5) is 0.624. The van der Waals surface area contributed by atoms with E-state index in [9.17, 15) is 5.11 Å².